The number of nitrogens with zero attached hydrogens (tertiary/aromatic N) is 1. The van der Waals surface area contributed by atoms with E-state index in [1.165, 1.54) is 0 Å². The zero-order chi connectivity index (χ0) is 18.5. The highest BCUT2D eigenvalue weighted by atomic mass is 16.6. The van der Waals surface area contributed by atoms with E-state index in [1.54, 1.807) is 0 Å². The predicted octanol–water partition coefficient (Wildman–Crippen LogP) is -0.0413. The van der Waals surface area contributed by atoms with Crippen LogP contribution in [0.15, 0.2) is 24.3 Å². The van der Waals surface area contributed by atoms with E-state index in [0.717, 1.165) is 24.3 Å². The minimum atomic E-state index is -2.93. The Bertz CT molecular complexity index is 695. The molecule has 0 saturated carbocycles. The summed E-state index contributed by atoms with van der Waals surface area (Å²) in [7, 11) is 0. The monoisotopic (exact) mass is 341 g/mol. The van der Waals surface area contributed by atoms with Crippen LogP contribution in [-0.2, 0) is 19.1 Å². The van der Waals surface area contributed by atoms with Gasteiger partial charge in [0.1, 0.15) is 0 Å². The van der Waals surface area contributed by atoms with Gasteiger partial charge in [-0.2, -0.15) is 0 Å². The fourth-order valence-corrected chi connectivity index (χ4v) is 1.62. The van der Waals surface area contributed by atoms with Crippen LogP contribution in [0.4, 0.5) is 5.69 Å². The van der Waals surface area contributed by atoms with Crippen molar-refractivity contribution in [2.75, 3.05) is 0 Å². The van der Waals surface area contributed by atoms with Crippen LogP contribution in [0, 0.1) is 10.1 Å². The number of aliphatic carboxylic acids is 2. The molecule has 1 unspecified atom stereocenters. The Labute approximate surface area is 133 Å². The van der Waals surface area contributed by atoms with Gasteiger partial charge >= 0.3 is 23.9 Å². The average Bonchev–Trinajstić information content (AvgIpc) is 2.45. The Hall–Kier alpha value is -3.34. The molecule has 0 fully saturated rings. The summed E-state index contributed by atoms with van der Waals surface area (Å²) in [6.45, 7) is 0. The SMILES string of the molecule is O=C(O)CC(O)(CC(=O)OC(=O)c1ccc([N+](=O)[O-])cc1)C(=O)O. The van der Waals surface area contributed by atoms with Crippen molar-refractivity contribution in [3.8, 4) is 0 Å². The van der Waals surface area contributed by atoms with Gasteiger partial charge in [-0.05, 0) is 12.1 Å². The number of benzene rings is 1. The molecule has 0 bridgehead atoms. The molecule has 0 aliphatic rings. The van der Waals surface area contributed by atoms with Crippen molar-refractivity contribution in [2.45, 2.75) is 18.4 Å². The van der Waals surface area contributed by atoms with Crippen molar-refractivity contribution in [2.24, 2.45) is 0 Å². The third-order valence-electron chi connectivity index (χ3n) is 2.80. The minimum Gasteiger partial charge on any atom is -0.481 e. The van der Waals surface area contributed by atoms with Gasteiger partial charge in [0.2, 0.25) is 0 Å². The number of rotatable bonds is 7. The Morgan fingerprint density at radius 1 is 1.08 bits per heavy atom. The van der Waals surface area contributed by atoms with E-state index in [2.05, 4.69) is 4.74 Å². The van der Waals surface area contributed by atoms with Gasteiger partial charge in [0.15, 0.2) is 5.60 Å². The van der Waals surface area contributed by atoms with Gasteiger partial charge in [-0.15, -0.1) is 0 Å². The lowest BCUT2D eigenvalue weighted by Crippen LogP contribution is -2.43. The molecule has 0 aromatic heterocycles. The van der Waals surface area contributed by atoms with Crippen LogP contribution in [-0.4, -0.2) is 49.7 Å². The standard InChI is InChI=1S/C13H11NO10/c15-9(16)5-13(21,12(19)20)6-10(17)24-11(18)7-1-3-8(4-2-7)14(22)23/h1-4,21H,5-6H2,(H,15,16)(H,19,20). The molecule has 0 radical (unpaired) electrons. The third kappa shape index (κ3) is 4.84. The van der Waals surface area contributed by atoms with Gasteiger partial charge in [0.25, 0.3) is 5.69 Å². The number of carboxylic acid groups (broad SMARTS) is 2. The number of carbonyl (C=O) groups excluding carboxylic acids is 2. The molecular weight excluding hydrogens is 330 g/mol. The number of carboxylic acids is 2. The van der Waals surface area contributed by atoms with E-state index in [0.29, 0.717) is 0 Å². The first-order valence-corrected chi connectivity index (χ1v) is 6.22. The maximum atomic E-state index is 11.7. The summed E-state index contributed by atoms with van der Waals surface area (Å²) in [6, 6.07) is 3.99. The molecule has 11 nitrogen and oxygen atoms in total. The molecule has 24 heavy (non-hydrogen) atoms. The number of hydrogen-bond acceptors (Lipinski definition) is 8. The number of ether oxygens (including phenoxy) is 1. The molecule has 0 spiro atoms. The Balaban J connectivity index is 2.79. The number of aliphatic hydroxyl groups is 1. The first kappa shape index (κ1) is 18.7. The van der Waals surface area contributed by atoms with Crippen molar-refractivity contribution in [3.63, 3.8) is 0 Å². The molecule has 0 heterocycles. The molecule has 1 atom stereocenters. The molecule has 0 aliphatic carbocycles. The second kappa shape index (κ2) is 7.28. The summed E-state index contributed by atoms with van der Waals surface area (Å²) >= 11 is 0. The number of non-ortho nitro benzene ring substituents is 1. The number of carbonyl (C=O) groups is 4. The lowest BCUT2D eigenvalue weighted by Gasteiger charge is -2.19. The van der Waals surface area contributed by atoms with Crippen molar-refractivity contribution in [1.29, 1.82) is 0 Å². The fraction of sp³-hybridized carbons (Fsp3) is 0.231. The molecule has 128 valence electrons. The molecule has 0 aliphatic heterocycles. The summed E-state index contributed by atoms with van der Waals surface area (Å²) in [4.78, 5) is 54.4. The summed E-state index contributed by atoms with van der Waals surface area (Å²) < 4.78 is 4.30. The van der Waals surface area contributed by atoms with E-state index < -0.39 is 47.2 Å². The molecule has 1 aromatic carbocycles. The van der Waals surface area contributed by atoms with Crippen LogP contribution in [0.2, 0.25) is 0 Å². The van der Waals surface area contributed by atoms with Gasteiger partial charge in [-0.25, -0.2) is 9.59 Å². The largest absolute Gasteiger partial charge is 0.481 e. The first-order chi connectivity index (χ1) is 11.0. The maximum Gasteiger partial charge on any atom is 0.345 e. The molecular formula is C13H11NO10. The molecule has 1 rings (SSSR count). The first-order valence-electron chi connectivity index (χ1n) is 6.22. The van der Waals surface area contributed by atoms with E-state index >= 15 is 0 Å². The second-order valence-corrected chi connectivity index (χ2v) is 4.65. The number of nitro groups is 1. The topological polar surface area (TPSA) is 181 Å². The van der Waals surface area contributed by atoms with Crippen LogP contribution >= 0.6 is 0 Å². The van der Waals surface area contributed by atoms with Crippen LogP contribution in [0.25, 0.3) is 0 Å². The average molecular weight is 341 g/mol. The predicted molar refractivity (Wildman–Crippen MR) is 73.0 cm³/mol. The van der Waals surface area contributed by atoms with E-state index in [9.17, 15) is 34.4 Å². The smallest absolute Gasteiger partial charge is 0.345 e. The molecule has 1 aromatic rings. The molecule has 11 heteroatoms. The molecule has 3 N–H and O–H groups in total. The number of esters is 2. The lowest BCUT2D eigenvalue weighted by molar-refractivity contribution is -0.384. The van der Waals surface area contributed by atoms with Gasteiger partial charge in [0.05, 0.1) is 23.3 Å². The van der Waals surface area contributed by atoms with Gasteiger partial charge in [-0.1, -0.05) is 0 Å². The van der Waals surface area contributed by atoms with Crippen LogP contribution in [0.5, 0.6) is 0 Å². The summed E-state index contributed by atoms with van der Waals surface area (Å²) in [5, 5.41) is 37.5. The van der Waals surface area contributed by atoms with Crippen molar-refractivity contribution in [1.82, 2.24) is 0 Å². The van der Waals surface area contributed by atoms with Crippen molar-refractivity contribution < 1.29 is 44.2 Å². The number of hydrogen-bond donors (Lipinski definition) is 3. The normalized spacial score (nSPS) is 12.7. The van der Waals surface area contributed by atoms with Crippen LogP contribution in [0.3, 0.4) is 0 Å². The van der Waals surface area contributed by atoms with Gasteiger partial charge in [-0.3, -0.25) is 19.7 Å². The van der Waals surface area contributed by atoms with Gasteiger partial charge < -0.3 is 20.1 Å². The van der Waals surface area contributed by atoms with Crippen molar-refractivity contribution >= 4 is 29.6 Å². The van der Waals surface area contributed by atoms with E-state index in [1.807, 2.05) is 0 Å². The van der Waals surface area contributed by atoms with Crippen LogP contribution < -0.4 is 0 Å². The summed E-state index contributed by atoms with van der Waals surface area (Å²) in [5.74, 6) is -6.35. The zero-order valence-corrected chi connectivity index (χ0v) is 11.9. The highest BCUT2D eigenvalue weighted by molar-refractivity contribution is 5.98. The van der Waals surface area contributed by atoms with Crippen LogP contribution in [0.1, 0.15) is 23.2 Å². The maximum absolute atomic E-state index is 11.7. The van der Waals surface area contributed by atoms with Crippen molar-refractivity contribution in [3.05, 3.63) is 39.9 Å². The Kier molecular flexibility index (Phi) is 5.68. The van der Waals surface area contributed by atoms with Gasteiger partial charge in [0, 0.05) is 12.1 Å². The third-order valence-corrected chi connectivity index (χ3v) is 2.80. The molecule has 0 saturated heterocycles. The summed E-state index contributed by atoms with van der Waals surface area (Å²) in [5.41, 5.74) is -3.47. The number of nitro benzene ring substituents is 1. The zero-order valence-electron chi connectivity index (χ0n) is 11.9. The highest BCUT2D eigenvalue weighted by Crippen LogP contribution is 2.18. The second-order valence-electron chi connectivity index (χ2n) is 4.65. The highest BCUT2D eigenvalue weighted by Gasteiger charge is 2.41. The Morgan fingerprint density at radius 3 is 2.04 bits per heavy atom. The fourth-order valence-electron chi connectivity index (χ4n) is 1.62. The van der Waals surface area contributed by atoms with E-state index in [-0.39, 0.29) is 11.3 Å². The lowest BCUT2D eigenvalue weighted by atomic mass is 9.96. The molecule has 0 amide bonds. The minimum absolute atomic E-state index is 0.231. The Morgan fingerprint density at radius 2 is 1.62 bits per heavy atom. The quantitative estimate of drug-likeness (QED) is 0.263. The van der Waals surface area contributed by atoms with E-state index in [4.69, 9.17) is 10.2 Å². The summed E-state index contributed by atoms with van der Waals surface area (Å²) in [6.07, 6.45) is -2.55.